The Kier molecular flexibility index (Phi) is 7.60. The topological polar surface area (TPSA) is 137 Å². The number of aromatic nitrogens is 2. The Labute approximate surface area is 248 Å². The summed E-state index contributed by atoms with van der Waals surface area (Å²) < 4.78 is 8.17. The summed E-state index contributed by atoms with van der Waals surface area (Å²) in [5.74, 6) is 3.19. The van der Waals surface area contributed by atoms with Crippen LogP contribution in [0, 0.1) is 11.8 Å². The van der Waals surface area contributed by atoms with Gasteiger partial charge in [0.2, 0.25) is 0 Å². The number of anilines is 1. The molecule has 3 aliphatic carbocycles. The molecular formula is C31H46N8O3. The molecule has 6 aliphatic rings. The molecule has 1 aromatic rings. The van der Waals surface area contributed by atoms with Crippen molar-refractivity contribution < 1.29 is 14.9 Å². The number of allylic oxidation sites excluding steroid dienone is 2. The maximum Gasteiger partial charge on any atom is 0.165 e. The van der Waals surface area contributed by atoms with E-state index in [2.05, 4.69) is 47.3 Å². The molecule has 0 aromatic carbocycles. The molecule has 0 spiro atoms. The fourth-order valence-corrected chi connectivity index (χ4v) is 7.48. The van der Waals surface area contributed by atoms with Crippen LogP contribution in [-0.4, -0.2) is 92.9 Å². The summed E-state index contributed by atoms with van der Waals surface area (Å²) in [6.45, 7) is 5.53. The number of rotatable bonds is 9. The van der Waals surface area contributed by atoms with Crippen molar-refractivity contribution in [2.24, 2.45) is 27.6 Å². The lowest BCUT2D eigenvalue weighted by Crippen LogP contribution is -2.52. The number of nitrogens with zero attached hydrogens (tertiary/aromatic N) is 6. The van der Waals surface area contributed by atoms with Gasteiger partial charge in [-0.05, 0) is 69.4 Å². The first-order chi connectivity index (χ1) is 20.3. The number of ether oxygens (including phenoxy) is 1. The predicted molar refractivity (Wildman–Crippen MR) is 162 cm³/mol. The Morgan fingerprint density at radius 1 is 1.21 bits per heavy atom. The molecule has 3 fully saturated rings. The van der Waals surface area contributed by atoms with E-state index in [0.29, 0.717) is 36.9 Å². The fraction of sp³-hybridized carbons (Fsp3) is 0.710. The van der Waals surface area contributed by atoms with Crippen molar-refractivity contribution in [1.82, 2.24) is 19.8 Å². The number of fused-ring (bicyclic) bond motifs is 2. The van der Waals surface area contributed by atoms with Crippen molar-refractivity contribution in [3.8, 4) is 0 Å². The van der Waals surface area contributed by atoms with Crippen molar-refractivity contribution in [3.63, 3.8) is 0 Å². The van der Waals surface area contributed by atoms with Gasteiger partial charge in [0.05, 0.1) is 18.7 Å². The van der Waals surface area contributed by atoms with Crippen LogP contribution in [0.2, 0.25) is 0 Å². The highest BCUT2D eigenvalue weighted by Gasteiger charge is 2.47. The summed E-state index contributed by atoms with van der Waals surface area (Å²) in [7, 11) is 1.94. The molecule has 0 radical (unpaired) electrons. The zero-order valence-electron chi connectivity index (χ0n) is 25.0. The summed E-state index contributed by atoms with van der Waals surface area (Å²) in [5, 5.41) is 25.3. The minimum atomic E-state index is -1.05. The second-order valence-electron chi connectivity index (χ2n) is 13.4. The molecule has 1 aromatic heterocycles. The molecule has 7 rings (SSSR count). The smallest absolute Gasteiger partial charge is 0.165 e. The normalized spacial score (nSPS) is 36.0. The van der Waals surface area contributed by atoms with Crippen molar-refractivity contribution in [3.05, 3.63) is 35.8 Å². The Bertz CT molecular complexity index is 1290. The Balaban J connectivity index is 0.934. The van der Waals surface area contributed by atoms with E-state index in [1.807, 2.05) is 16.5 Å². The van der Waals surface area contributed by atoms with Gasteiger partial charge in [-0.15, -0.1) is 0 Å². The Morgan fingerprint density at radius 3 is 2.76 bits per heavy atom. The van der Waals surface area contributed by atoms with E-state index in [4.69, 9.17) is 20.5 Å². The maximum absolute atomic E-state index is 11.0. The van der Waals surface area contributed by atoms with Crippen LogP contribution in [0.25, 0.3) is 0 Å². The van der Waals surface area contributed by atoms with E-state index >= 15 is 0 Å². The summed E-state index contributed by atoms with van der Waals surface area (Å²) in [6.07, 6.45) is 13.1. The first-order valence-corrected chi connectivity index (χ1v) is 15.9. The SMILES string of the molecule is CC(C)N(C[C@H]1O[C@@H](n2cnc3c2N(C)CNC3N)[C@H](O)[C@@H]1O)C1CC(CCC2=NC3C=CC(C4CCC4)=CC3=N2)C1. The average molecular weight is 579 g/mol. The van der Waals surface area contributed by atoms with Gasteiger partial charge in [-0.25, -0.2) is 9.98 Å². The molecule has 0 bridgehead atoms. The molecule has 2 unspecified atom stereocenters. The fourth-order valence-electron chi connectivity index (χ4n) is 7.48. The molecule has 3 aliphatic heterocycles. The monoisotopic (exact) mass is 578 g/mol. The third kappa shape index (κ3) is 5.07. The van der Waals surface area contributed by atoms with Gasteiger partial charge < -0.3 is 25.6 Å². The molecule has 5 N–H and O–H groups in total. The lowest BCUT2D eigenvalue weighted by molar-refractivity contribution is -0.0627. The van der Waals surface area contributed by atoms with E-state index in [1.165, 1.54) is 24.8 Å². The Morgan fingerprint density at radius 2 is 2.02 bits per heavy atom. The van der Waals surface area contributed by atoms with E-state index < -0.39 is 24.5 Å². The van der Waals surface area contributed by atoms with Crippen LogP contribution in [0.5, 0.6) is 0 Å². The summed E-state index contributed by atoms with van der Waals surface area (Å²) in [4.78, 5) is 18.7. The van der Waals surface area contributed by atoms with Gasteiger partial charge in [0.25, 0.3) is 0 Å². The highest BCUT2D eigenvalue weighted by atomic mass is 16.6. The molecule has 2 saturated carbocycles. The third-order valence-corrected chi connectivity index (χ3v) is 10.3. The van der Waals surface area contributed by atoms with Crippen molar-refractivity contribution in [2.45, 2.75) is 108 Å². The zero-order chi connectivity index (χ0) is 29.1. The first kappa shape index (κ1) is 28.4. The minimum Gasteiger partial charge on any atom is -0.387 e. The van der Waals surface area contributed by atoms with E-state index in [-0.39, 0.29) is 12.2 Å². The second kappa shape index (κ2) is 11.3. The van der Waals surface area contributed by atoms with E-state index in [0.717, 1.165) is 49.0 Å². The van der Waals surface area contributed by atoms with Crippen LogP contribution in [0.3, 0.4) is 0 Å². The number of aliphatic hydroxyl groups is 2. The number of hydrogen-bond acceptors (Lipinski definition) is 10. The number of imidazole rings is 1. The summed E-state index contributed by atoms with van der Waals surface area (Å²) in [6, 6.07) is 0.859. The van der Waals surface area contributed by atoms with Crippen LogP contribution in [0.4, 0.5) is 5.82 Å². The van der Waals surface area contributed by atoms with Gasteiger partial charge in [-0.2, -0.15) is 0 Å². The molecule has 42 heavy (non-hydrogen) atoms. The number of aliphatic imine (C=N–C) groups is 2. The van der Waals surface area contributed by atoms with E-state index in [9.17, 15) is 10.2 Å². The lowest BCUT2D eigenvalue weighted by Gasteiger charge is -2.46. The molecule has 4 heterocycles. The molecule has 228 valence electrons. The maximum atomic E-state index is 11.0. The first-order valence-electron chi connectivity index (χ1n) is 15.9. The Hall–Kier alpha value is -2.41. The zero-order valence-corrected chi connectivity index (χ0v) is 25.0. The van der Waals surface area contributed by atoms with Crippen LogP contribution in [0.15, 0.2) is 40.1 Å². The second-order valence-corrected chi connectivity index (χ2v) is 13.4. The molecule has 0 amide bonds. The number of nitrogens with one attached hydrogen (secondary N) is 1. The average Bonchev–Trinajstić information content (AvgIpc) is 3.60. The predicted octanol–water partition coefficient (Wildman–Crippen LogP) is 2.24. The van der Waals surface area contributed by atoms with Crippen molar-refractivity contribution in [1.29, 1.82) is 0 Å². The van der Waals surface area contributed by atoms with Gasteiger partial charge in [0, 0.05) is 32.1 Å². The van der Waals surface area contributed by atoms with Crippen molar-refractivity contribution in [2.75, 3.05) is 25.2 Å². The molecule has 11 nitrogen and oxygen atoms in total. The minimum absolute atomic E-state index is 0.119. The third-order valence-electron chi connectivity index (χ3n) is 10.3. The van der Waals surface area contributed by atoms with Gasteiger partial charge in [-0.3, -0.25) is 19.8 Å². The van der Waals surface area contributed by atoms with E-state index in [1.54, 1.807) is 6.33 Å². The van der Waals surface area contributed by atoms with Crippen LogP contribution in [0.1, 0.15) is 76.9 Å². The van der Waals surface area contributed by atoms with Crippen LogP contribution in [-0.2, 0) is 4.74 Å². The molecule has 1 saturated heterocycles. The quantitative estimate of drug-likeness (QED) is 0.350. The highest BCUT2D eigenvalue weighted by Crippen LogP contribution is 2.40. The lowest BCUT2D eigenvalue weighted by atomic mass is 9.76. The number of aliphatic hydroxyl groups excluding tert-OH is 2. The summed E-state index contributed by atoms with van der Waals surface area (Å²) in [5.41, 5.74) is 9.47. The summed E-state index contributed by atoms with van der Waals surface area (Å²) >= 11 is 0. The van der Waals surface area contributed by atoms with Gasteiger partial charge >= 0.3 is 0 Å². The van der Waals surface area contributed by atoms with Gasteiger partial charge in [0.15, 0.2) is 6.23 Å². The standard InChI is InChI=1S/C31H46N8O3/c1-17(2)38(14-24-27(40)28(41)31(42-24)39-16-33-26-29(32)34-15-37(3)30(26)39)21-11-18(12-21)7-10-25-35-22-9-8-20(13-23(22)36-25)19-5-4-6-19/h8-9,13,16-19,21-22,24,27-29,31,34,40-41H,4-7,10-12,14-15,32H2,1-3H3/t18?,21?,22?,24-,27-,28-,29?,31-/m1/s1. The van der Waals surface area contributed by atoms with Gasteiger partial charge in [0.1, 0.15) is 47.9 Å². The largest absolute Gasteiger partial charge is 0.387 e. The molecule has 6 atom stereocenters. The van der Waals surface area contributed by atoms with Gasteiger partial charge in [-0.1, -0.05) is 18.6 Å². The molecule has 11 heteroatoms. The van der Waals surface area contributed by atoms with Crippen LogP contribution >= 0.6 is 0 Å². The number of amidine groups is 1. The molecular weight excluding hydrogens is 532 g/mol. The number of nitrogens with two attached hydrogens (primary N) is 1. The van der Waals surface area contributed by atoms with Crippen LogP contribution < -0.4 is 16.0 Å². The van der Waals surface area contributed by atoms with Crippen molar-refractivity contribution >= 4 is 17.4 Å². The number of hydrogen-bond donors (Lipinski definition) is 4. The highest BCUT2D eigenvalue weighted by molar-refractivity contribution is 6.13.